The van der Waals surface area contributed by atoms with Gasteiger partial charge in [-0.15, -0.1) is 0 Å². The highest BCUT2D eigenvalue weighted by molar-refractivity contribution is 6.76. The molecule has 2 fully saturated rings. The number of likely N-dealkylation sites (tertiary alicyclic amines) is 1. The Morgan fingerprint density at radius 1 is 1.16 bits per heavy atom. The molecule has 1 aromatic heterocycles. The molecule has 3 heterocycles. The molecule has 1 aromatic carbocycles. The third-order valence-corrected chi connectivity index (χ3v) is 9.43. The number of imidazole rings is 1. The Kier molecular flexibility index (Phi) is 7.86. The molecule has 0 radical (unpaired) electrons. The van der Waals surface area contributed by atoms with E-state index in [9.17, 15) is 4.79 Å². The van der Waals surface area contributed by atoms with Gasteiger partial charge in [-0.05, 0) is 84.9 Å². The Balaban J connectivity index is 1.69. The van der Waals surface area contributed by atoms with Crippen molar-refractivity contribution < 1.29 is 23.6 Å². The van der Waals surface area contributed by atoms with Crippen LogP contribution in [0.15, 0.2) is 18.2 Å². The molecule has 0 aliphatic carbocycles. The van der Waals surface area contributed by atoms with Crippen molar-refractivity contribution >= 4 is 37.8 Å². The van der Waals surface area contributed by atoms with Crippen LogP contribution in [0.5, 0.6) is 0 Å². The molecule has 1 atom stereocenters. The van der Waals surface area contributed by atoms with E-state index in [0.717, 1.165) is 41.2 Å². The molecule has 2 aliphatic heterocycles. The first-order valence-electron chi connectivity index (χ1n) is 13.9. The summed E-state index contributed by atoms with van der Waals surface area (Å²) >= 11 is 0. The second-order valence-electron chi connectivity index (χ2n) is 13.9. The maximum absolute atomic E-state index is 13.1. The SMILES string of the molecule is CC(C)(C)OC(=O)N1CCC[C@H]1c1nc2ccc(B3OC(C)(C)C(C)(C)O3)cc2n1COCC[Si](C)(C)C. The normalized spacial score (nSPS) is 21.5. The zero-order chi connectivity index (χ0) is 28.1. The lowest BCUT2D eigenvalue weighted by Crippen LogP contribution is -2.41. The van der Waals surface area contributed by atoms with Gasteiger partial charge in [0.2, 0.25) is 0 Å². The molecule has 0 unspecified atom stereocenters. The van der Waals surface area contributed by atoms with E-state index in [2.05, 4.69) is 58.0 Å². The van der Waals surface area contributed by atoms with Crippen LogP contribution in [0.25, 0.3) is 11.0 Å². The largest absolute Gasteiger partial charge is 0.494 e. The zero-order valence-corrected chi connectivity index (χ0v) is 26.0. The number of benzene rings is 1. The monoisotopic (exact) mass is 543 g/mol. The fourth-order valence-corrected chi connectivity index (χ4v) is 5.54. The van der Waals surface area contributed by atoms with Gasteiger partial charge in [-0.25, -0.2) is 9.78 Å². The van der Waals surface area contributed by atoms with Crippen molar-refractivity contribution in [2.45, 2.75) is 117 Å². The summed E-state index contributed by atoms with van der Waals surface area (Å²) in [7, 11) is -1.69. The molecule has 210 valence electrons. The average Bonchev–Trinajstić information content (AvgIpc) is 3.43. The van der Waals surface area contributed by atoms with Crippen molar-refractivity contribution in [1.82, 2.24) is 14.5 Å². The summed E-state index contributed by atoms with van der Waals surface area (Å²) in [5.74, 6) is 0.836. The van der Waals surface area contributed by atoms with Crippen LogP contribution >= 0.6 is 0 Å². The number of rotatable bonds is 7. The predicted octanol–water partition coefficient (Wildman–Crippen LogP) is 5.72. The summed E-state index contributed by atoms with van der Waals surface area (Å²) in [5, 5.41) is 0. The van der Waals surface area contributed by atoms with Gasteiger partial charge in [0, 0.05) is 21.2 Å². The Labute approximate surface area is 229 Å². The lowest BCUT2D eigenvalue weighted by molar-refractivity contribution is 0.00578. The highest BCUT2D eigenvalue weighted by Crippen LogP contribution is 2.37. The highest BCUT2D eigenvalue weighted by atomic mass is 28.3. The number of amides is 1. The molecular formula is C28H46BN3O5Si. The standard InChI is InChI=1S/C28H46BN3O5Si/c1-26(2,3)35-25(33)31-15-11-12-22(31)24-30-21-14-13-20(29-36-27(4,5)28(6,7)37-29)18-23(21)32(24)19-34-16-17-38(8,9)10/h13-14,18,22H,11-12,15-17,19H2,1-10H3/t22-/m0/s1. The van der Waals surface area contributed by atoms with Gasteiger partial charge in [-0.1, -0.05) is 25.7 Å². The number of ether oxygens (including phenoxy) is 2. The van der Waals surface area contributed by atoms with Crippen LogP contribution in [0, 0.1) is 0 Å². The molecule has 8 nitrogen and oxygen atoms in total. The van der Waals surface area contributed by atoms with Crippen LogP contribution in [0.1, 0.15) is 73.2 Å². The summed E-state index contributed by atoms with van der Waals surface area (Å²) in [6, 6.07) is 7.06. The quantitative estimate of drug-likeness (QED) is 0.329. The lowest BCUT2D eigenvalue weighted by atomic mass is 9.79. The summed E-state index contributed by atoms with van der Waals surface area (Å²) in [6.45, 7) is 22.7. The molecule has 0 bridgehead atoms. The van der Waals surface area contributed by atoms with Crippen molar-refractivity contribution in [3.63, 3.8) is 0 Å². The van der Waals surface area contributed by atoms with E-state index in [4.69, 9.17) is 23.8 Å². The van der Waals surface area contributed by atoms with Gasteiger partial charge in [-0.2, -0.15) is 0 Å². The number of carbonyl (C=O) groups is 1. The number of aromatic nitrogens is 2. The molecule has 2 aromatic rings. The number of hydrogen-bond donors (Lipinski definition) is 0. The van der Waals surface area contributed by atoms with Gasteiger partial charge < -0.3 is 23.3 Å². The zero-order valence-electron chi connectivity index (χ0n) is 25.0. The summed E-state index contributed by atoms with van der Waals surface area (Å²) in [6.07, 6.45) is 1.45. The van der Waals surface area contributed by atoms with E-state index >= 15 is 0 Å². The topological polar surface area (TPSA) is 75.0 Å². The second kappa shape index (κ2) is 10.3. The third kappa shape index (κ3) is 6.29. The molecule has 1 amide bonds. The third-order valence-electron chi connectivity index (χ3n) is 7.72. The van der Waals surface area contributed by atoms with Crippen molar-refractivity contribution in [3.05, 3.63) is 24.0 Å². The fraction of sp³-hybridized carbons (Fsp3) is 0.714. The molecule has 10 heteroatoms. The first-order chi connectivity index (χ1) is 17.5. The summed E-state index contributed by atoms with van der Waals surface area (Å²) in [5.41, 5.74) is 1.37. The van der Waals surface area contributed by atoms with Crippen LogP contribution in [-0.4, -0.2) is 65.7 Å². The van der Waals surface area contributed by atoms with E-state index in [1.807, 2.05) is 37.8 Å². The van der Waals surface area contributed by atoms with Crippen molar-refractivity contribution in [2.24, 2.45) is 0 Å². The lowest BCUT2D eigenvalue weighted by Gasteiger charge is -2.32. The van der Waals surface area contributed by atoms with E-state index in [-0.39, 0.29) is 12.1 Å². The number of nitrogens with zero attached hydrogens (tertiary/aromatic N) is 3. The van der Waals surface area contributed by atoms with E-state index < -0.39 is 32.0 Å². The Bertz CT molecular complexity index is 1150. The summed E-state index contributed by atoms with van der Waals surface area (Å²) < 4.78 is 26.8. The van der Waals surface area contributed by atoms with Gasteiger partial charge >= 0.3 is 13.2 Å². The van der Waals surface area contributed by atoms with Gasteiger partial charge in [-0.3, -0.25) is 4.90 Å². The number of fused-ring (bicyclic) bond motifs is 1. The first-order valence-corrected chi connectivity index (χ1v) is 17.6. The van der Waals surface area contributed by atoms with E-state index in [1.165, 1.54) is 0 Å². The fourth-order valence-electron chi connectivity index (χ4n) is 4.78. The van der Waals surface area contributed by atoms with Gasteiger partial charge in [0.1, 0.15) is 18.2 Å². The second-order valence-corrected chi connectivity index (χ2v) is 19.5. The summed E-state index contributed by atoms with van der Waals surface area (Å²) in [4.78, 5) is 20.0. The van der Waals surface area contributed by atoms with Crippen LogP contribution in [-0.2, 0) is 25.5 Å². The van der Waals surface area contributed by atoms with E-state index in [0.29, 0.717) is 19.9 Å². The van der Waals surface area contributed by atoms with Gasteiger partial charge in [0.05, 0.1) is 28.3 Å². The van der Waals surface area contributed by atoms with Crippen LogP contribution in [0.2, 0.25) is 25.7 Å². The van der Waals surface area contributed by atoms with Crippen molar-refractivity contribution in [3.8, 4) is 0 Å². The van der Waals surface area contributed by atoms with Gasteiger partial charge in [0.25, 0.3) is 0 Å². The average molecular weight is 544 g/mol. The Morgan fingerprint density at radius 3 is 2.42 bits per heavy atom. The maximum atomic E-state index is 13.1. The molecule has 2 aliphatic rings. The molecule has 4 rings (SSSR count). The molecule has 2 saturated heterocycles. The molecule has 38 heavy (non-hydrogen) atoms. The van der Waals surface area contributed by atoms with Crippen molar-refractivity contribution in [1.29, 1.82) is 0 Å². The molecular weight excluding hydrogens is 497 g/mol. The van der Waals surface area contributed by atoms with Crippen LogP contribution in [0.4, 0.5) is 4.79 Å². The molecule has 0 saturated carbocycles. The minimum Gasteiger partial charge on any atom is -0.444 e. The molecule has 0 spiro atoms. The first kappa shape index (κ1) is 29.1. The van der Waals surface area contributed by atoms with E-state index in [1.54, 1.807) is 0 Å². The smallest absolute Gasteiger partial charge is 0.444 e. The Morgan fingerprint density at radius 2 is 1.82 bits per heavy atom. The highest BCUT2D eigenvalue weighted by Gasteiger charge is 2.51. The van der Waals surface area contributed by atoms with Gasteiger partial charge in [0.15, 0.2) is 0 Å². The Hall–Kier alpha value is -1.88. The molecule has 0 N–H and O–H groups in total. The number of carbonyl (C=O) groups excluding carboxylic acids is 1. The maximum Gasteiger partial charge on any atom is 0.494 e. The van der Waals surface area contributed by atoms with Crippen molar-refractivity contribution in [2.75, 3.05) is 13.2 Å². The van der Waals surface area contributed by atoms with Crippen LogP contribution in [0.3, 0.4) is 0 Å². The van der Waals surface area contributed by atoms with Crippen LogP contribution < -0.4 is 5.46 Å². The predicted molar refractivity (Wildman–Crippen MR) is 154 cm³/mol. The minimum absolute atomic E-state index is 0.168. The minimum atomic E-state index is -1.23. The number of hydrogen-bond acceptors (Lipinski definition) is 6.